The van der Waals surface area contributed by atoms with Crippen LogP contribution in [0.5, 0.6) is 0 Å². The van der Waals surface area contributed by atoms with Crippen LogP contribution in [0.25, 0.3) is 0 Å². The first-order chi connectivity index (χ1) is 6.95. The zero-order valence-electron chi connectivity index (χ0n) is 6.76. The average molecular weight is 215 g/mol. The summed E-state index contributed by atoms with van der Waals surface area (Å²) >= 11 is 0. The zero-order chi connectivity index (χ0) is 11.6. The van der Waals surface area contributed by atoms with Crippen LogP contribution in [0, 0.1) is 30.3 Å². The Labute approximate surface area is 79.8 Å². The average Bonchev–Trinajstić information content (AvgIpc) is 2.16. The lowest BCUT2D eigenvalue weighted by Gasteiger charge is -1.94. The third kappa shape index (κ3) is 1.79. The highest BCUT2D eigenvalue weighted by Gasteiger charge is 2.39. The van der Waals surface area contributed by atoms with Crippen molar-refractivity contribution < 1.29 is 14.8 Å². The highest BCUT2D eigenvalue weighted by atomic mass is 16.6. The molecule has 1 rings (SSSR count). The van der Waals surface area contributed by atoms with Gasteiger partial charge in [-0.15, -0.1) is 0 Å². The molecular formula is C4HN5O6. The molecule has 0 aromatic carbocycles. The van der Waals surface area contributed by atoms with Crippen molar-refractivity contribution in [1.29, 1.82) is 0 Å². The lowest BCUT2D eigenvalue weighted by molar-refractivity contribution is -0.445. The van der Waals surface area contributed by atoms with Crippen LogP contribution >= 0.6 is 0 Å². The lowest BCUT2D eigenvalue weighted by atomic mass is 10.4. The summed E-state index contributed by atoms with van der Waals surface area (Å²) in [6, 6.07) is 0. The van der Waals surface area contributed by atoms with Gasteiger partial charge >= 0.3 is 23.7 Å². The summed E-state index contributed by atoms with van der Waals surface area (Å²) in [5.41, 5.74) is -1.33. The van der Waals surface area contributed by atoms with Crippen molar-refractivity contribution in [2.45, 2.75) is 0 Å². The fraction of sp³-hybridized carbons (Fsp3) is 0. The first-order valence-electron chi connectivity index (χ1n) is 3.23. The van der Waals surface area contributed by atoms with Gasteiger partial charge in [0.05, 0.1) is 4.92 Å². The number of hydrogen-bond donors (Lipinski definition) is 0. The normalized spacial score (nSPS) is 9.60. The Morgan fingerprint density at radius 1 is 0.867 bits per heavy atom. The van der Waals surface area contributed by atoms with Gasteiger partial charge in [-0.3, -0.25) is 10.1 Å². The fourth-order valence-electron chi connectivity index (χ4n) is 0.791. The molecule has 11 heteroatoms. The van der Waals surface area contributed by atoms with E-state index in [-0.39, 0.29) is 0 Å². The van der Waals surface area contributed by atoms with E-state index < -0.39 is 32.1 Å². The van der Waals surface area contributed by atoms with E-state index in [2.05, 4.69) is 9.97 Å². The maximum absolute atomic E-state index is 10.4. The van der Waals surface area contributed by atoms with Gasteiger partial charge in [-0.2, -0.15) is 0 Å². The molecule has 0 saturated heterocycles. The van der Waals surface area contributed by atoms with Crippen LogP contribution in [0.15, 0.2) is 6.33 Å². The van der Waals surface area contributed by atoms with E-state index in [9.17, 15) is 30.3 Å². The van der Waals surface area contributed by atoms with Crippen molar-refractivity contribution >= 4 is 17.3 Å². The zero-order valence-corrected chi connectivity index (χ0v) is 6.76. The number of nitro groups is 3. The Kier molecular flexibility index (Phi) is 2.46. The van der Waals surface area contributed by atoms with E-state index in [4.69, 9.17) is 0 Å². The van der Waals surface area contributed by atoms with Crippen molar-refractivity contribution in [2.24, 2.45) is 0 Å². The molecule has 0 bridgehead atoms. The van der Waals surface area contributed by atoms with E-state index in [1.54, 1.807) is 0 Å². The molecule has 0 unspecified atom stereocenters. The minimum absolute atomic E-state index is 0.517. The molecule has 0 aliphatic rings. The van der Waals surface area contributed by atoms with Gasteiger partial charge in [0, 0.05) is 9.97 Å². The molecule has 0 N–H and O–H groups in total. The lowest BCUT2D eigenvalue weighted by Crippen LogP contribution is -2.04. The predicted octanol–water partition coefficient (Wildman–Crippen LogP) is 0.201. The van der Waals surface area contributed by atoms with Crippen LogP contribution in [0.2, 0.25) is 0 Å². The monoisotopic (exact) mass is 215 g/mol. The van der Waals surface area contributed by atoms with Crippen molar-refractivity contribution in [1.82, 2.24) is 9.97 Å². The van der Waals surface area contributed by atoms with E-state index >= 15 is 0 Å². The van der Waals surface area contributed by atoms with Gasteiger partial charge in [-0.25, -0.2) is 0 Å². The summed E-state index contributed by atoms with van der Waals surface area (Å²) in [7, 11) is 0. The van der Waals surface area contributed by atoms with Crippen LogP contribution in [-0.4, -0.2) is 24.7 Å². The van der Waals surface area contributed by atoms with Gasteiger partial charge in [0.15, 0.2) is 0 Å². The topological polar surface area (TPSA) is 155 Å². The molecule has 0 atom stereocenters. The van der Waals surface area contributed by atoms with Gasteiger partial charge in [-0.1, -0.05) is 0 Å². The third-order valence-corrected chi connectivity index (χ3v) is 1.31. The quantitative estimate of drug-likeness (QED) is 0.511. The van der Waals surface area contributed by atoms with Gasteiger partial charge < -0.3 is 20.2 Å². The molecule has 0 amide bonds. The van der Waals surface area contributed by atoms with Gasteiger partial charge in [-0.05, 0) is 9.85 Å². The molecule has 78 valence electrons. The third-order valence-electron chi connectivity index (χ3n) is 1.31. The summed E-state index contributed by atoms with van der Waals surface area (Å²) in [4.78, 5) is 33.3. The molecular weight excluding hydrogens is 214 g/mol. The molecule has 1 aromatic heterocycles. The van der Waals surface area contributed by atoms with Gasteiger partial charge in [0.25, 0.3) is 0 Å². The molecule has 0 aliphatic carbocycles. The summed E-state index contributed by atoms with van der Waals surface area (Å²) in [6.07, 6.45) is 0.517. The van der Waals surface area contributed by atoms with Crippen LogP contribution in [0.1, 0.15) is 0 Å². The molecule has 11 nitrogen and oxygen atoms in total. The molecule has 0 fully saturated rings. The standard InChI is InChI=1S/C4HN5O6/c10-7(11)2-3(8(12)13)5-1-6-4(2)9(14)15/h1H. The Balaban J connectivity index is 3.56. The van der Waals surface area contributed by atoms with E-state index in [0.29, 0.717) is 6.33 Å². The Morgan fingerprint density at radius 3 is 1.53 bits per heavy atom. The number of aromatic nitrogens is 2. The second kappa shape index (κ2) is 3.57. The first-order valence-corrected chi connectivity index (χ1v) is 3.23. The minimum atomic E-state index is -1.33. The van der Waals surface area contributed by atoms with E-state index in [1.165, 1.54) is 0 Å². The van der Waals surface area contributed by atoms with Crippen molar-refractivity contribution in [3.8, 4) is 0 Å². The summed E-state index contributed by atoms with van der Waals surface area (Å²) < 4.78 is 0. The van der Waals surface area contributed by atoms with Gasteiger partial charge in [0.2, 0.25) is 0 Å². The van der Waals surface area contributed by atoms with Crippen LogP contribution in [0.4, 0.5) is 17.3 Å². The van der Waals surface area contributed by atoms with Gasteiger partial charge in [0.1, 0.15) is 0 Å². The Morgan fingerprint density at radius 2 is 1.27 bits per heavy atom. The first kappa shape index (κ1) is 10.4. The van der Waals surface area contributed by atoms with Crippen LogP contribution < -0.4 is 0 Å². The number of nitrogens with zero attached hydrogens (tertiary/aromatic N) is 5. The van der Waals surface area contributed by atoms with E-state index in [0.717, 1.165) is 0 Å². The highest BCUT2D eigenvalue weighted by molar-refractivity contribution is 5.57. The molecule has 15 heavy (non-hydrogen) atoms. The van der Waals surface area contributed by atoms with Crippen LogP contribution in [-0.2, 0) is 0 Å². The summed E-state index contributed by atoms with van der Waals surface area (Å²) in [5, 5.41) is 30.9. The second-order valence-electron chi connectivity index (χ2n) is 2.14. The molecule has 0 aliphatic heterocycles. The predicted molar refractivity (Wildman–Crippen MR) is 42.0 cm³/mol. The largest absolute Gasteiger partial charge is 0.462 e. The molecule has 1 heterocycles. The maximum Gasteiger partial charge on any atom is 0.462 e. The van der Waals surface area contributed by atoms with Crippen molar-refractivity contribution in [2.75, 3.05) is 0 Å². The minimum Gasteiger partial charge on any atom is -0.358 e. The molecule has 0 spiro atoms. The Hall–Kier alpha value is -2.72. The number of hydrogen-bond acceptors (Lipinski definition) is 8. The molecule has 1 aromatic rings. The van der Waals surface area contributed by atoms with Crippen LogP contribution in [0.3, 0.4) is 0 Å². The number of rotatable bonds is 3. The van der Waals surface area contributed by atoms with Crippen molar-refractivity contribution in [3.05, 3.63) is 36.7 Å². The Bertz CT molecular complexity index is 425. The van der Waals surface area contributed by atoms with E-state index in [1.807, 2.05) is 0 Å². The molecule has 0 saturated carbocycles. The second-order valence-corrected chi connectivity index (χ2v) is 2.14. The summed E-state index contributed by atoms with van der Waals surface area (Å²) in [6.45, 7) is 0. The molecule has 0 radical (unpaired) electrons. The van der Waals surface area contributed by atoms with Crippen molar-refractivity contribution in [3.63, 3.8) is 0 Å². The maximum atomic E-state index is 10.4. The fourth-order valence-corrected chi connectivity index (χ4v) is 0.791. The SMILES string of the molecule is O=[N+]([O-])c1ncnc([N+](=O)[O-])c1[N+](=O)[O-]. The summed E-state index contributed by atoms with van der Waals surface area (Å²) in [5.74, 6) is -2.41. The smallest absolute Gasteiger partial charge is 0.358 e. The highest BCUT2D eigenvalue weighted by Crippen LogP contribution is 2.31.